The maximum absolute atomic E-state index is 13.6. The maximum Gasteiger partial charge on any atom is 0.335 e. The number of nitrogens with one attached hydrogen (secondary N) is 1. The molecule has 104 valence electrons. The van der Waals surface area contributed by atoms with Crippen LogP contribution in [0.1, 0.15) is 15.9 Å². The number of benzene rings is 2. The minimum atomic E-state index is -1.10. The second kappa shape index (κ2) is 6.11. The number of carbonyl (C=O) groups is 1. The summed E-state index contributed by atoms with van der Waals surface area (Å²) in [6.07, 6.45) is 0. The summed E-state index contributed by atoms with van der Waals surface area (Å²) in [7, 11) is 0. The normalized spacial score (nSPS) is 10.3. The first kappa shape index (κ1) is 14.6. The highest BCUT2D eigenvalue weighted by Gasteiger charge is 2.09. The third-order valence-corrected chi connectivity index (χ3v) is 3.53. The molecule has 2 aromatic rings. The van der Waals surface area contributed by atoms with E-state index in [1.807, 2.05) is 0 Å². The van der Waals surface area contributed by atoms with Crippen LogP contribution in [0.2, 0.25) is 10.0 Å². The smallest absolute Gasteiger partial charge is 0.335 e. The number of hydrogen-bond donors (Lipinski definition) is 2. The molecule has 0 fully saturated rings. The van der Waals surface area contributed by atoms with Crippen molar-refractivity contribution in [1.82, 2.24) is 0 Å². The van der Waals surface area contributed by atoms with Crippen molar-refractivity contribution in [2.24, 2.45) is 0 Å². The number of rotatable bonds is 4. The van der Waals surface area contributed by atoms with Crippen molar-refractivity contribution >= 4 is 34.9 Å². The van der Waals surface area contributed by atoms with Crippen LogP contribution in [0.15, 0.2) is 36.4 Å². The highest BCUT2D eigenvalue weighted by Crippen LogP contribution is 2.30. The molecule has 0 aliphatic carbocycles. The van der Waals surface area contributed by atoms with Gasteiger partial charge in [0.05, 0.1) is 21.3 Å². The van der Waals surface area contributed by atoms with Gasteiger partial charge in [0.2, 0.25) is 0 Å². The Balaban J connectivity index is 2.20. The third-order valence-electron chi connectivity index (χ3n) is 2.71. The molecule has 20 heavy (non-hydrogen) atoms. The van der Waals surface area contributed by atoms with Crippen LogP contribution in [0.5, 0.6) is 0 Å². The maximum atomic E-state index is 13.6. The van der Waals surface area contributed by atoms with Gasteiger partial charge in [0.15, 0.2) is 0 Å². The van der Waals surface area contributed by atoms with Crippen LogP contribution in [-0.4, -0.2) is 11.1 Å². The molecule has 2 rings (SSSR count). The van der Waals surface area contributed by atoms with Gasteiger partial charge in [-0.3, -0.25) is 0 Å². The second-order valence-electron chi connectivity index (χ2n) is 4.07. The van der Waals surface area contributed by atoms with Crippen molar-refractivity contribution in [2.45, 2.75) is 6.54 Å². The van der Waals surface area contributed by atoms with E-state index in [9.17, 15) is 9.18 Å². The molecule has 0 amide bonds. The number of carboxylic acid groups (broad SMARTS) is 1. The Morgan fingerprint density at radius 2 is 2.00 bits per heavy atom. The van der Waals surface area contributed by atoms with Gasteiger partial charge in [0.25, 0.3) is 0 Å². The van der Waals surface area contributed by atoms with Crippen molar-refractivity contribution in [3.05, 3.63) is 63.4 Å². The number of anilines is 1. The minimum Gasteiger partial charge on any atom is -0.478 e. The first-order chi connectivity index (χ1) is 9.49. The van der Waals surface area contributed by atoms with Crippen LogP contribution in [0.25, 0.3) is 0 Å². The first-order valence-electron chi connectivity index (χ1n) is 5.68. The first-order valence-corrected chi connectivity index (χ1v) is 6.44. The lowest BCUT2D eigenvalue weighted by molar-refractivity contribution is 0.0696. The van der Waals surface area contributed by atoms with Crippen LogP contribution < -0.4 is 5.32 Å². The highest BCUT2D eigenvalue weighted by molar-refractivity contribution is 6.43. The van der Waals surface area contributed by atoms with E-state index in [0.29, 0.717) is 15.7 Å². The molecule has 0 radical (unpaired) electrons. The van der Waals surface area contributed by atoms with Crippen LogP contribution in [0.3, 0.4) is 0 Å². The van der Waals surface area contributed by atoms with E-state index in [4.69, 9.17) is 28.3 Å². The second-order valence-corrected chi connectivity index (χ2v) is 4.85. The molecule has 6 heteroatoms. The summed E-state index contributed by atoms with van der Waals surface area (Å²) < 4.78 is 13.6. The molecule has 0 bridgehead atoms. The predicted molar refractivity (Wildman–Crippen MR) is 77.1 cm³/mol. The summed E-state index contributed by atoms with van der Waals surface area (Å²) in [6, 6.07) is 8.67. The molecular weight excluding hydrogens is 304 g/mol. The molecule has 2 aromatic carbocycles. The summed E-state index contributed by atoms with van der Waals surface area (Å²) >= 11 is 11.9. The third kappa shape index (κ3) is 3.21. The molecular formula is C14H10Cl2FNO2. The lowest BCUT2D eigenvalue weighted by Crippen LogP contribution is -2.05. The van der Waals surface area contributed by atoms with Crippen LogP contribution in [0.4, 0.5) is 10.1 Å². The lowest BCUT2D eigenvalue weighted by atomic mass is 10.1. The van der Waals surface area contributed by atoms with Gasteiger partial charge in [-0.25, -0.2) is 9.18 Å². The van der Waals surface area contributed by atoms with E-state index in [1.165, 1.54) is 12.1 Å². The van der Waals surface area contributed by atoms with Gasteiger partial charge in [-0.2, -0.15) is 0 Å². The minimum absolute atomic E-state index is 0.0281. The Morgan fingerprint density at radius 1 is 1.25 bits per heavy atom. The van der Waals surface area contributed by atoms with E-state index in [1.54, 1.807) is 18.2 Å². The van der Waals surface area contributed by atoms with Crippen LogP contribution >= 0.6 is 23.2 Å². The molecule has 0 aromatic heterocycles. The molecule has 0 unspecified atom stereocenters. The quantitative estimate of drug-likeness (QED) is 0.877. The Hall–Kier alpha value is -1.78. The zero-order valence-electron chi connectivity index (χ0n) is 10.2. The van der Waals surface area contributed by atoms with Gasteiger partial charge in [-0.15, -0.1) is 0 Å². The fourth-order valence-electron chi connectivity index (χ4n) is 1.67. The van der Waals surface area contributed by atoms with Crippen molar-refractivity contribution in [3.63, 3.8) is 0 Å². The Labute approximate surface area is 124 Å². The molecule has 0 saturated heterocycles. The molecule has 0 saturated carbocycles. The van der Waals surface area contributed by atoms with Gasteiger partial charge >= 0.3 is 5.97 Å². The summed E-state index contributed by atoms with van der Waals surface area (Å²) in [6.45, 7) is 0.104. The lowest BCUT2D eigenvalue weighted by Gasteiger charge is -2.10. The van der Waals surface area contributed by atoms with E-state index in [2.05, 4.69) is 5.32 Å². The largest absolute Gasteiger partial charge is 0.478 e. The standard InChI is InChI=1S/C14H10Cl2FNO2/c15-10-2-1-3-12(13(10)16)18-7-9-6-8(14(19)20)4-5-11(9)17/h1-6,18H,7H2,(H,19,20). The highest BCUT2D eigenvalue weighted by atomic mass is 35.5. The van der Waals surface area contributed by atoms with E-state index in [-0.39, 0.29) is 17.7 Å². The summed E-state index contributed by atoms with van der Waals surface area (Å²) in [4.78, 5) is 10.9. The zero-order valence-corrected chi connectivity index (χ0v) is 11.7. The molecule has 0 aliphatic heterocycles. The summed E-state index contributed by atoms with van der Waals surface area (Å²) in [5.41, 5.74) is 0.820. The van der Waals surface area contributed by atoms with Gasteiger partial charge in [-0.05, 0) is 30.3 Å². The number of carboxylic acids is 1. The Kier molecular flexibility index (Phi) is 4.47. The average molecular weight is 314 g/mol. The average Bonchev–Trinajstić information content (AvgIpc) is 2.41. The topological polar surface area (TPSA) is 49.3 Å². The summed E-state index contributed by atoms with van der Waals surface area (Å²) in [5, 5.41) is 12.5. The molecule has 2 N–H and O–H groups in total. The SMILES string of the molecule is O=C(O)c1ccc(F)c(CNc2cccc(Cl)c2Cl)c1. The molecule has 0 heterocycles. The number of aromatic carboxylic acids is 1. The van der Waals surface area contributed by atoms with Crippen molar-refractivity contribution in [3.8, 4) is 0 Å². The van der Waals surface area contributed by atoms with E-state index < -0.39 is 11.8 Å². The van der Waals surface area contributed by atoms with E-state index >= 15 is 0 Å². The van der Waals surface area contributed by atoms with Crippen molar-refractivity contribution in [2.75, 3.05) is 5.32 Å². The monoisotopic (exact) mass is 313 g/mol. The predicted octanol–water partition coefficient (Wildman–Crippen LogP) is 4.44. The van der Waals surface area contributed by atoms with Gasteiger partial charge in [0.1, 0.15) is 5.82 Å². The van der Waals surface area contributed by atoms with Crippen molar-refractivity contribution in [1.29, 1.82) is 0 Å². The fourth-order valence-corrected chi connectivity index (χ4v) is 2.04. The molecule has 0 aliphatic rings. The van der Waals surface area contributed by atoms with Crippen LogP contribution in [-0.2, 0) is 6.54 Å². The molecule has 0 spiro atoms. The van der Waals surface area contributed by atoms with Gasteiger partial charge in [0, 0.05) is 12.1 Å². The molecule has 3 nitrogen and oxygen atoms in total. The summed E-state index contributed by atoms with van der Waals surface area (Å²) in [5.74, 6) is -1.59. The Morgan fingerprint density at radius 3 is 2.70 bits per heavy atom. The number of halogens is 3. The van der Waals surface area contributed by atoms with Gasteiger partial charge in [-0.1, -0.05) is 29.3 Å². The Bertz CT molecular complexity index is 662. The molecule has 0 atom stereocenters. The number of hydrogen-bond acceptors (Lipinski definition) is 2. The van der Waals surface area contributed by atoms with E-state index in [0.717, 1.165) is 6.07 Å². The fraction of sp³-hybridized carbons (Fsp3) is 0.0714. The van der Waals surface area contributed by atoms with Gasteiger partial charge < -0.3 is 10.4 Å². The van der Waals surface area contributed by atoms with Crippen molar-refractivity contribution < 1.29 is 14.3 Å². The van der Waals surface area contributed by atoms with Crippen LogP contribution in [0, 0.1) is 5.82 Å². The zero-order chi connectivity index (χ0) is 14.7.